The van der Waals surface area contributed by atoms with E-state index in [2.05, 4.69) is 0 Å². The smallest absolute Gasteiger partial charge is 0.128 e. The molecule has 1 atom stereocenters. The van der Waals surface area contributed by atoms with Crippen LogP contribution in [0.2, 0.25) is 10.0 Å². The predicted molar refractivity (Wildman–Crippen MR) is 70.5 cm³/mol. The van der Waals surface area contributed by atoms with Crippen molar-refractivity contribution in [2.24, 2.45) is 0 Å². The fraction of sp³-hybridized carbons (Fsp3) is 0.0769. The van der Waals surface area contributed by atoms with Crippen LogP contribution in [0.15, 0.2) is 36.4 Å². The number of hydrogen-bond acceptors (Lipinski definition) is 0. The molecule has 18 heavy (non-hydrogen) atoms. The van der Waals surface area contributed by atoms with Gasteiger partial charge in [-0.3, -0.25) is 0 Å². The lowest BCUT2D eigenvalue weighted by Gasteiger charge is -2.12. The van der Waals surface area contributed by atoms with Crippen LogP contribution in [0.3, 0.4) is 0 Å². The van der Waals surface area contributed by atoms with E-state index in [-0.39, 0.29) is 5.56 Å². The molecule has 2 aromatic rings. The maximum absolute atomic E-state index is 13.6. The number of alkyl halides is 1. The third kappa shape index (κ3) is 2.94. The summed E-state index contributed by atoms with van der Waals surface area (Å²) in [5, 5.41) is -0.0724. The number of halogens is 5. The first-order chi connectivity index (χ1) is 8.47. The van der Waals surface area contributed by atoms with Gasteiger partial charge in [0.2, 0.25) is 0 Å². The van der Waals surface area contributed by atoms with E-state index in [1.54, 1.807) is 12.1 Å². The first-order valence-electron chi connectivity index (χ1n) is 5.02. The zero-order valence-electron chi connectivity index (χ0n) is 8.93. The Bertz CT molecular complexity index is 564. The van der Waals surface area contributed by atoms with Gasteiger partial charge in [-0.05, 0) is 42.0 Å². The largest absolute Gasteiger partial charge is 0.207 e. The lowest BCUT2D eigenvalue weighted by atomic mass is 10.0. The molecule has 0 saturated heterocycles. The van der Waals surface area contributed by atoms with E-state index in [1.165, 1.54) is 6.07 Å². The number of hydrogen-bond donors (Lipinski definition) is 0. The first-order valence-corrected chi connectivity index (χ1v) is 6.21. The third-order valence-electron chi connectivity index (χ3n) is 2.41. The second kappa shape index (κ2) is 5.43. The molecule has 94 valence electrons. The van der Waals surface area contributed by atoms with Crippen molar-refractivity contribution in [2.75, 3.05) is 0 Å². The summed E-state index contributed by atoms with van der Waals surface area (Å²) in [6.07, 6.45) is 0. The van der Waals surface area contributed by atoms with Gasteiger partial charge in [-0.2, -0.15) is 0 Å². The predicted octanol–water partition coefficient (Wildman–Crippen LogP) is 5.60. The van der Waals surface area contributed by atoms with Crippen molar-refractivity contribution in [3.8, 4) is 0 Å². The van der Waals surface area contributed by atoms with Crippen LogP contribution in [0, 0.1) is 11.6 Å². The van der Waals surface area contributed by atoms with Crippen LogP contribution in [0.25, 0.3) is 0 Å². The Morgan fingerprint density at radius 1 is 0.889 bits per heavy atom. The van der Waals surface area contributed by atoms with Crippen LogP contribution in [0.5, 0.6) is 0 Å². The molecule has 0 N–H and O–H groups in total. The standard InChI is InChI=1S/C13H7Cl3F2/c14-8-3-7(4-9(15)5-8)13(16)11-6-10(17)1-2-12(11)18/h1-6,13H. The van der Waals surface area contributed by atoms with E-state index < -0.39 is 17.0 Å². The highest BCUT2D eigenvalue weighted by Crippen LogP contribution is 2.34. The van der Waals surface area contributed by atoms with E-state index in [0.29, 0.717) is 15.6 Å². The molecule has 2 aromatic carbocycles. The van der Waals surface area contributed by atoms with Gasteiger partial charge in [0.05, 0.1) is 5.38 Å². The summed E-state index contributed by atoms with van der Waals surface area (Å²) >= 11 is 17.8. The minimum Gasteiger partial charge on any atom is -0.207 e. The summed E-state index contributed by atoms with van der Waals surface area (Å²) < 4.78 is 26.7. The van der Waals surface area contributed by atoms with Gasteiger partial charge < -0.3 is 0 Å². The molecule has 1 unspecified atom stereocenters. The molecule has 0 amide bonds. The van der Waals surface area contributed by atoms with E-state index >= 15 is 0 Å². The fourth-order valence-corrected chi connectivity index (χ4v) is 2.45. The van der Waals surface area contributed by atoms with Gasteiger partial charge in [-0.1, -0.05) is 23.2 Å². The molecule has 0 aliphatic carbocycles. The van der Waals surface area contributed by atoms with Gasteiger partial charge in [-0.25, -0.2) is 8.78 Å². The number of rotatable bonds is 2. The van der Waals surface area contributed by atoms with Gasteiger partial charge in [0.15, 0.2) is 0 Å². The van der Waals surface area contributed by atoms with E-state index in [1.807, 2.05) is 0 Å². The van der Waals surface area contributed by atoms with Crippen LogP contribution >= 0.6 is 34.8 Å². The Kier molecular flexibility index (Phi) is 4.10. The third-order valence-corrected chi connectivity index (χ3v) is 3.33. The monoisotopic (exact) mass is 306 g/mol. The van der Waals surface area contributed by atoms with Gasteiger partial charge in [0.25, 0.3) is 0 Å². The minimum atomic E-state index is -0.850. The van der Waals surface area contributed by atoms with Crippen molar-refractivity contribution in [2.45, 2.75) is 5.38 Å². The normalized spacial score (nSPS) is 12.5. The van der Waals surface area contributed by atoms with Crippen molar-refractivity contribution in [3.05, 3.63) is 69.2 Å². The van der Waals surface area contributed by atoms with Gasteiger partial charge in [0.1, 0.15) is 11.6 Å². The van der Waals surface area contributed by atoms with Crippen LogP contribution in [0.1, 0.15) is 16.5 Å². The number of benzene rings is 2. The highest BCUT2D eigenvalue weighted by Gasteiger charge is 2.17. The lowest BCUT2D eigenvalue weighted by molar-refractivity contribution is 0.587. The molecule has 0 aromatic heterocycles. The zero-order valence-corrected chi connectivity index (χ0v) is 11.2. The van der Waals surface area contributed by atoms with Crippen molar-refractivity contribution in [3.63, 3.8) is 0 Å². The Morgan fingerprint density at radius 2 is 1.50 bits per heavy atom. The average molecular weight is 308 g/mol. The molecule has 0 radical (unpaired) electrons. The zero-order chi connectivity index (χ0) is 13.3. The summed E-state index contributed by atoms with van der Waals surface area (Å²) in [4.78, 5) is 0. The molecule has 0 fully saturated rings. The Balaban J connectivity index is 2.47. The van der Waals surface area contributed by atoms with Crippen LogP contribution in [-0.4, -0.2) is 0 Å². The first kappa shape index (κ1) is 13.6. The second-order valence-corrected chi connectivity index (χ2v) is 5.04. The van der Waals surface area contributed by atoms with E-state index in [0.717, 1.165) is 18.2 Å². The maximum Gasteiger partial charge on any atom is 0.128 e. The summed E-state index contributed by atoms with van der Waals surface area (Å²) in [5.74, 6) is -1.13. The summed E-state index contributed by atoms with van der Waals surface area (Å²) in [6.45, 7) is 0. The molecule has 0 nitrogen and oxygen atoms in total. The molecule has 0 bridgehead atoms. The fourth-order valence-electron chi connectivity index (χ4n) is 1.61. The molecule has 0 saturated carbocycles. The average Bonchev–Trinajstić information content (AvgIpc) is 2.30. The van der Waals surface area contributed by atoms with Crippen LogP contribution in [0.4, 0.5) is 8.78 Å². The summed E-state index contributed by atoms with van der Waals surface area (Å²) in [7, 11) is 0. The van der Waals surface area contributed by atoms with Crippen LogP contribution < -0.4 is 0 Å². The highest BCUT2D eigenvalue weighted by atomic mass is 35.5. The lowest BCUT2D eigenvalue weighted by Crippen LogP contribution is -1.98. The molecule has 0 aliphatic rings. The highest BCUT2D eigenvalue weighted by molar-refractivity contribution is 6.35. The molecular weight excluding hydrogens is 300 g/mol. The Labute approximate surface area is 118 Å². The SMILES string of the molecule is Fc1ccc(F)c(C(Cl)c2cc(Cl)cc(Cl)c2)c1. The Hall–Kier alpha value is -0.830. The van der Waals surface area contributed by atoms with Gasteiger partial charge in [-0.15, -0.1) is 11.6 Å². The quantitative estimate of drug-likeness (QED) is 0.633. The topological polar surface area (TPSA) is 0 Å². The van der Waals surface area contributed by atoms with Crippen molar-refractivity contribution in [1.82, 2.24) is 0 Å². The maximum atomic E-state index is 13.6. The molecular formula is C13H7Cl3F2. The van der Waals surface area contributed by atoms with Gasteiger partial charge >= 0.3 is 0 Å². The second-order valence-electron chi connectivity index (χ2n) is 3.73. The Morgan fingerprint density at radius 3 is 2.11 bits per heavy atom. The minimum absolute atomic E-state index is 0.0509. The molecule has 0 spiro atoms. The molecule has 2 rings (SSSR count). The van der Waals surface area contributed by atoms with Crippen molar-refractivity contribution < 1.29 is 8.78 Å². The summed E-state index contributed by atoms with van der Waals surface area (Å²) in [6, 6.07) is 7.80. The summed E-state index contributed by atoms with van der Waals surface area (Å²) in [5.41, 5.74) is 0.564. The van der Waals surface area contributed by atoms with E-state index in [4.69, 9.17) is 34.8 Å². The van der Waals surface area contributed by atoms with Crippen molar-refractivity contribution >= 4 is 34.8 Å². The van der Waals surface area contributed by atoms with Crippen molar-refractivity contribution in [1.29, 1.82) is 0 Å². The molecule has 0 heterocycles. The van der Waals surface area contributed by atoms with Crippen LogP contribution in [-0.2, 0) is 0 Å². The van der Waals surface area contributed by atoms with Gasteiger partial charge in [0, 0.05) is 15.6 Å². The molecule has 5 heteroatoms. The van der Waals surface area contributed by atoms with E-state index in [9.17, 15) is 8.78 Å². The molecule has 0 aliphatic heterocycles.